The third-order valence-electron chi connectivity index (χ3n) is 3.00. The summed E-state index contributed by atoms with van der Waals surface area (Å²) in [6.45, 7) is 2.16. The van der Waals surface area contributed by atoms with Crippen LogP contribution >= 0.6 is 0 Å². The highest BCUT2D eigenvalue weighted by atomic mass is 16.5. The largest absolute Gasteiger partial charge is 0.396 e. The summed E-state index contributed by atoms with van der Waals surface area (Å²) in [5.41, 5.74) is 0. The molecule has 1 rings (SSSR count). The summed E-state index contributed by atoms with van der Waals surface area (Å²) in [5.74, 6) is 0. The van der Waals surface area contributed by atoms with Gasteiger partial charge in [0.1, 0.15) is 0 Å². The number of nitrogens with zero attached hydrogens (tertiary/aromatic N) is 1. The zero-order valence-corrected chi connectivity index (χ0v) is 9.56. The molecule has 1 unspecified atom stereocenters. The minimum Gasteiger partial charge on any atom is -0.396 e. The van der Waals surface area contributed by atoms with Crippen molar-refractivity contribution in [2.75, 3.05) is 33.4 Å². The molecule has 0 aliphatic heterocycles. The van der Waals surface area contributed by atoms with Crippen LogP contribution in [0, 0.1) is 0 Å². The molecule has 0 aromatic heterocycles. The van der Waals surface area contributed by atoms with Crippen molar-refractivity contribution >= 4 is 0 Å². The van der Waals surface area contributed by atoms with Crippen LogP contribution in [0.3, 0.4) is 0 Å². The van der Waals surface area contributed by atoms with Gasteiger partial charge in [0.2, 0.25) is 0 Å². The molecule has 1 atom stereocenters. The highest BCUT2D eigenvalue weighted by Crippen LogP contribution is 2.24. The summed E-state index contributed by atoms with van der Waals surface area (Å²) in [4.78, 5) is 2.28. The van der Waals surface area contributed by atoms with Crippen LogP contribution in [0.15, 0.2) is 0 Å². The van der Waals surface area contributed by atoms with Crippen LogP contribution in [0.1, 0.15) is 25.7 Å². The van der Waals surface area contributed by atoms with Crippen molar-refractivity contribution < 1.29 is 14.9 Å². The zero-order chi connectivity index (χ0) is 11.1. The molecule has 1 fully saturated rings. The molecule has 0 amide bonds. The molecular formula is C11H23NO3. The van der Waals surface area contributed by atoms with E-state index in [1.165, 1.54) is 19.3 Å². The van der Waals surface area contributed by atoms with Crippen molar-refractivity contribution in [3.63, 3.8) is 0 Å². The first-order chi connectivity index (χ1) is 7.27. The lowest BCUT2D eigenvalue weighted by Crippen LogP contribution is -2.45. The zero-order valence-electron chi connectivity index (χ0n) is 9.56. The second-order valence-corrected chi connectivity index (χ2v) is 4.27. The van der Waals surface area contributed by atoms with Gasteiger partial charge in [-0.05, 0) is 19.3 Å². The lowest BCUT2D eigenvalue weighted by Gasteiger charge is -2.38. The number of ether oxygens (including phenoxy) is 1. The Morgan fingerprint density at radius 2 is 2.20 bits per heavy atom. The van der Waals surface area contributed by atoms with E-state index >= 15 is 0 Å². The van der Waals surface area contributed by atoms with Crippen molar-refractivity contribution in [3.8, 4) is 0 Å². The molecule has 15 heavy (non-hydrogen) atoms. The summed E-state index contributed by atoms with van der Waals surface area (Å²) in [6, 6.07) is 0.614. The van der Waals surface area contributed by atoms with Crippen molar-refractivity contribution in [1.82, 2.24) is 4.90 Å². The average Bonchev–Trinajstić information content (AvgIpc) is 2.11. The molecule has 0 bridgehead atoms. The lowest BCUT2D eigenvalue weighted by atomic mass is 9.91. The number of methoxy groups -OCH3 is 1. The van der Waals surface area contributed by atoms with E-state index in [2.05, 4.69) is 4.90 Å². The van der Waals surface area contributed by atoms with Crippen molar-refractivity contribution in [1.29, 1.82) is 0 Å². The minimum atomic E-state index is -0.408. The van der Waals surface area contributed by atoms with Crippen LogP contribution in [0.4, 0.5) is 0 Å². The fourth-order valence-corrected chi connectivity index (χ4v) is 1.96. The fourth-order valence-electron chi connectivity index (χ4n) is 1.96. The van der Waals surface area contributed by atoms with Gasteiger partial charge in [0.25, 0.3) is 0 Å². The molecule has 0 radical (unpaired) electrons. The maximum Gasteiger partial charge on any atom is 0.0900 e. The lowest BCUT2D eigenvalue weighted by molar-refractivity contribution is 0.0122. The van der Waals surface area contributed by atoms with Crippen LogP contribution in [-0.4, -0.2) is 60.7 Å². The van der Waals surface area contributed by atoms with Gasteiger partial charge in [-0.2, -0.15) is 0 Å². The maximum absolute atomic E-state index is 9.66. The maximum atomic E-state index is 9.66. The standard InChI is InChI=1S/C11H23NO3/c1-15-9-11(14)8-12(6-3-7-13)10-4-2-5-10/h10-11,13-14H,2-9H2,1H3. The van der Waals surface area contributed by atoms with Gasteiger partial charge in [-0.1, -0.05) is 6.42 Å². The second-order valence-electron chi connectivity index (χ2n) is 4.27. The van der Waals surface area contributed by atoms with Gasteiger partial charge in [-0.15, -0.1) is 0 Å². The number of aliphatic hydroxyl groups excluding tert-OH is 2. The molecule has 1 aliphatic rings. The number of aliphatic hydroxyl groups is 2. The van der Waals surface area contributed by atoms with Gasteiger partial charge in [0.05, 0.1) is 12.7 Å². The van der Waals surface area contributed by atoms with E-state index < -0.39 is 6.10 Å². The molecule has 0 saturated heterocycles. The Hall–Kier alpha value is -0.160. The molecular weight excluding hydrogens is 194 g/mol. The summed E-state index contributed by atoms with van der Waals surface area (Å²) in [5, 5.41) is 18.5. The van der Waals surface area contributed by atoms with Gasteiger partial charge in [0.15, 0.2) is 0 Å². The van der Waals surface area contributed by atoms with E-state index in [1.807, 2.05) is 0 Å². The van der Waals surface area contributed by atoms with Crippen molar-refractivity contribution in [2.45, 2.75) is 37.8 Å². The molecule has 0 aromatic carbocycles. The molecule has 0 aromatic rings. The third-order valence-corrected chi connectivity index (χ3v) is 3.00. The first kappa shape index (κ1) is 12.9. The Kier molecular flexibility index (Phi) is 6.17. The predicted octanol–water partition coefficient (Wildman–Crippen LogP) is 0.231. The summed E-state index contributed by atoms with van der Waals surface area (Å²) in [6.07, 6.45) is 4.13. The van der Waals surface area contributed by atoms with Gasteiger partial charge in [-0.3, -0.25) is 4.90 Å². The molecule has 0 spiro atoms. The van der Waals surface area contributed by atoms with Crippen LogP contribution in [0.2, 0.25) is 0 Å². The van der Waals surface area contributed by atoms with Crippen LogP contribution in [0.25, 0.3) is 0 Å². The molecule has 4 heteroatoms. The Bertz CT molecular complexity index is 162. The van der Waals surface area contributed by atoms with Gasteiger partial charge >= 0.3 is 0 Å². The molecule has 0 heterocycles. The second kappa shape index (κ2) is 7.17. The van der Waals surface area contributed by atoms with Gasteiger partial charge in [0, 0.05) is 32.8 Å². The molecule has 1 aliphatic carbocycles. The van der Waals surface area contributed by atoms with Crippen LogP contribution < -0.4 is 0 Å². The van der Waals surface area contributed by atoms with Gasteiger partial charge < -0.3 is 14.9 Å². The van der Waals surface area contributed by atoms with Crippen LogP contribution in [0.5, 0.6) is 0 Å². The topological polar surface area (TPSA) is 52.9 Å². The van der Waals surface area contributed by atoms with E-state index in [4.69, 9.17) is 9.84 Å². The van der Waals surface area contributed by atoms with Gasteiger partial charge in [-0.25, -0.2) is 0 Å². The van der Waals surface area contributed by atoms with E-state index in [0.29, 0.717) is 19.2 Å². The molecule has 90 valence electrons. The fraction of sp³-hybridized carbons (Fsp3) is 1.00. The quantitative estimate of drug-likeness (QED) is 0.611. The van der Waals surface area contributed by atoms with E-state index in [-0.39, 0.29) is 6.61 Å². The number of hydrogen-bond donors (Lipinski definition) is 2. The highest BCUT2D eigenvalue weighted by molar-refractivity contribution is 4.81. The summed E-state index contributed by atoms with van der Waals surface area (Å²) in [7, 11) is 1.60. The number of rotatable bonds is 8. The highest BCUT2D eigenvalue weighted by Gasteiger charge is 2.25. The predicted molar refractivity (Wildman–Crippen MR) is 58.8 cm³/mol. The average molecular weight is 217 g/mol. The van der Waals surface area contributed by atoms with E-state index in [1.54, 1.807) is 7.11 Å². The normalized spacial score (nSPS) is 19.2. The Labute approximate surface area is 91.8 Å². The van der Waals surface area contributed by atoms with Crippen molar-refractivity contribution in [2.24, 2.45) is 0 Å². The monoisotopic (exact) mass is 217 g/mol. The van der Waals surface area contributed by atoms with Crippen LogP contribution in [-0.2, 0) is 4.74 Å². The Morgan fingerprint density at radius 3 is 2.67 bits per heavy atom. The summed E-state index contributed by atoms with van der Waals surface area (Å²) >= 11 is 0. The third kappa shape index (κ3) is 4.47. The molecule has 4 nitrogen and oxygen atoms in total. The van der Waals surface area contributed by atoms with E-state index in [9.17, 15) is 5.11 Å². The molecule has 1 saturated carbocycles. The SMILES string of the molecule is COCC(O)CN(CCCO)C1CCC1. The molecule has 2 N–H and O–H groups in total. The first-order valence-electron chi connectivity index (χ1n) is 5.79. The Morgan fingerprint density at radius 1 is 1.47 bits per heavy atom. The number of hydrogen-bond acceptors (Lipinski definition) is 4. The van der Waals surface area contributed by atoms with E-state index in [0.717, 1.165) is 13.0 Å². The van der Waals surface area contributed by atoms with Crippen molar-refractivity contribution in [3.05, 3.63) is 0 Å². The first-order valence-corrected chi connectivity index (χ1v) is 5.79. The summed E-state index contributed by atoms with van der Waals surface area (Å²) < 4.78 is 4.91. The Balaban J connectivity index is 2.27. The minimum absolute atomic E-state index is 0.226. The smallest absolute Gasteiger partial charge is 0.0900 e.